The van der Waals surface area contributed by atoms with Crippen LogP contribution in [0.2, 0.25) is 0 Å². The molecule has 37 heavy (non-hydrogen) atoms. The van der Waals surface area contributed by atoms with E-state index < -0.39 is 0 Å². The fourth-order valence-corrected chi connectivity index (χ4v) is 4.33. The number of hydrogen-bond acceptors (Lipinski definition) is 5. The van der Waals surface area contributed by atoms with Crippen molar-refractivity contribution in [3.8, 4) is 11.1 Å². The Balaban J connectivity index is 1.30. The van der Waals surface area contributed by atoms with Crippen molar-refractivity contribution in [1.82, 2.24) is 24.2 Å². The Morgan fingerprint density at radius 2 is 1.78 bits per heavy atom. The maximum absolute atomic E-state index is 12.9. The van der Waals surface area contributed by atoms with Gasteiger partial charge in [0.1, 0.15) is 0 Å². The van der Waals surface area contributed by atoms with Gasteiger partial charge in [-0.15, -0.1) is 0 Å². The lowest BCUT2D eigenvalue weighted by atomic mass is 10.0. The molecule has 1 N–H and O–H groups in total. The molecule has 0 unspecified atom stereocenters. The number of amides is 1. The molecule has 0 aliphatic carbocycles. The Hall–Kier alpha value is -4.56. The molecular formula is C29H28N6O2. The fourth-order valence-electron chi connectivity index (χ4n) is 4.33. The number of aryl methyl sites for hydroxylation is 1. The van der Waals surface area contributed by atoms with Gasteiger partial charge in [-0.2, -0.15) is 5.10 Å². The Morgan fingerprint density at radius 1 is 0.973 bits per heavy atom. The van der Waals surface area contributed by atoms with Crippen molar-refractivity contribution in [1.29, 1.82) is 0 Å². The third-order valence-electron chi connectivity index (χ3n) is 6.10. The molecule has 8 nitrogen and oxygen atoms in total. The van der Waals surface area contributed by atoms with Crippen molar-refractivity contribution in [3.05, 3.63) is 112 Å². The highest BCUT2D eigenvalue weighted by Crippen LogP contribution is 2.23. The van der Waals surface area contributed by atoms with Crippen LogP contribution in [0.5, 0.6) is 0 Å². The van der Waals surface area contributed by atoms with Crippen LogP contribution in [0.4, 0.5) is 5.69 Å². The molecular weight excluding hydrogens is 464 g/mol. The predicted octanol–water partition coefficient (Wildman–Crippen LogP) is 4.16. The zero-order valence-corrected chi connectivity index (χ0v) is 21.0. The van der Waals surface area contributed by atoms with E-state index in [2.05, 4.69) is 58.7 Å². The van der Waals surface area contributed by atoms with E-state index in [1.807, 2.05) is 37.5 Å². The fraction of sp³-hybridized carbons (Fsp3) is 0.172. The Labute approximate surface area is 214 Å². The Kier molecular flexibility index (Phi) is 6.66. The Morgan fingerprint density at radius 3 is 2.51 bits per heavy atom. The highest BCUT2D eigenvalue weighted by atomic mass is 16.1. The number of hydrogen-bond donors (Lipinski definition) is 1. The SMILES string of the molecule is CN(C)Cc1cccc(-c2ccc(NC(=O)c3ccc4c(=O)n(Cc5cnn(C)c5)cnc4c3)cc2)c1. The third kappa shape index (κ3) is 5.49. The summed E-state index contributed by atoms with van der Waals surface area (Å²) in [6, 6.07) is 21.2. The van der Waals surface area contributed by atoms with E-state index in [1.54, 1.807) is 29.1 Å². The summed E-state index contributed by atoms with van der Waals surface area (Å²) in [6.45, 7) is 1.26. The molecule has 0 aliphatic heterocycles. The van der Waals surface area contributed by atoms with Gasteiger partial charge >= 0.3 is 0 Å². The number of benzene rings is 3. The van der Waals surface area contributed by atoms with E-state index >= 15 is 0 Å². The molecule has 0 spiro atoms. The molecule has 0 aliphatic rings. The summed E-state index contributed by atoms with van der Waals surface area (Å²) >= 11 is 0. The van der Waals surface area contributed by atoms with Gasteiger partial charge in [-0.25, -0.2) is 4.98 Å². The van der Waals surface area contributed by atoms with Crippen LogP contribution in [-0.2, 0) is 20.1 Å². The van der Waals surface area contributed by atoms with E-state index in [1.165, 1.54) is 16.5 Å². The minimum atomic E-state index is -0.260. The van der Waals surface area contributed by atoms with Crippen LogP contribution in [0.1, 0.15) is 21.5 Å². The van der Waals surface area contributed by atoms with Gasteiger partial charge in [0.05, 0.1) is 30.0 Å². The van der Waals surface area contributed by atoms with Crippen molar-refractivity contribution in [2.75, 3.05) is 19.4 Å². The number of nitrogens with one attached hydrogen (secondary N) is 1. The number of fused-ring (bicyclic) bond motifs is 1. The molecule has 0 atom stereocenters. The summed E-state index contributed by atoms with van der Waals surface area (Å²) in [5, 5.41) is 7.53. The van der Waals surface area contributed by atoms with Gasteiger partial charge in [0.2, 0.25) is 0 Å². The topological polar surface area (TPSA) is 85.0 Å². The molecule has 0 bridgehead atoms. The minimum Gasteiger partial charge on any atom is -0.322 e. The standard InChI is InChI=1S/C29H28N6O2/c1-33(2)16-20-5-4-6-23(13-20)22-7-10-25(11-8-22)32-28(36)24-9-12-26-27(14-24)30-19-35(29(26)37)18-21-15-31-34(3)17-21/h4-15,17,19H,16,18H2,1-3H3,(H,32,36). The number of carbonyl (C=O) groups is 1. The molecule has 0 fully saturated rings. The van der Waals surface area contributed by atoms with Crippen LogP contribution >= 0.6 is 0 Å². The van der Waals surface area contributed by atoms with E-state index in [-0.39, 0.29) is 11.5 Å². The lowest BCUT2D eigenvalue weighted by Gasteiger charge is -2.11. The van der Waals surface area contributed by atoms with Crippen LogP contribution < -0.4 is 10.9 Å². The summed E-state index contributed by atoms with van der Waals surface area (Å²) < 4.78 is 3.23. The van der Waals surface area contributed by atoms with Crippen molar-refractivity contribution in [2.45, 2.75) is 13.1 Å². The number of carbonyl (C=O) groups excluding carboxylic acids is 1. The summed E-state index contributed by atoms with van der Waals surface area (Å²) in [4.78, 5) is 32.4. The third-order valence-corrected chi connectivity index (χ3v) is 6.10. The summed E-state index contributed by atoms with van der Waals surface area (Å²) in [6.07, 6.45) is 5.09. The van der Waals surface area contributed by atoms with E-state index in [4.69, 9.17) is 0 Å². The lowest BCUT2D eigenvalue weighted by Crippen LogP contribution is -2.21. The second-order valence-electron chi connectivity index (χ2n) is 9.40. The largest absolute Gasteiger partial charge is 0.322 e. The van der Waals surface area contributed by atoms with Gasteiger partial charge in [-0.1, -0.05) is 30.3 Å². The second kappa shape index (κ2) is 10.2. The lowest BCUT2D eigenvalue weighted by molar-refractivity contribution is 0.102. The summed E-state index contributed by atoms with van der Waals surface area (Å²) in [5.41, 5.74) is 5.81. The van der Waals surface area contributed by atoms with Crippen LogP contribution in [-0.4, -0.2) is 44.2 Å². The molecule has 3 aromatic carbocycles. The first kappa shape index (κ1) is 24.1. The molecule has 0 saturated carbocycles. The zero-order valence-electron chi connectivity index (χ0n) is 21.0. The van der Waals surface area contributed by atoms with Gasteiger partial charge in [0, 0.05) is 36.6 Å². The first-order valence-corrected chi connectivity index (χ1v) is 12.0. The minimum absolute atomic E-state index is 0.161. The number of anilines is 1. The first-order chi connectivity index (χ1) is 17.9. The van der Waals surface area contributed by atoms with Crippen LogP contribution in [0.3, 0.4) is 0 Å². The van der Waals surface area contributed by atoms with Crippen molar-refractivity contribution < 1.29 is 4.79 Å². The summed E-state index contributed by atoms with van der Waals surface area (Å²) in [5.74, 6) is -0.260. The smallest absolute Gasteiger partial charge is 0.261 e. The number of aromatic nitrogens is 4. The van der Waals surface area contributed by atoms with Gasteiger partial charge in [0.25, 0.3) is 11.5 Å². The van der Waals surface area contributed by atoms with Crippen molar-refractivity contribution in [2.24, 2.45) is 7.05 Å². The predicted molar refractivity (Wildman–Crippen MR) is 146 cm³/mol. The first-order valence-electron chi connectivity index (χ1n) is 12.0. The highest BCUT2D eigenvalue weighted by Gasteiger charge is 2.11. The molecule has 2 heterocycles. The molecule has 8 heteroatoms. The van der Waals surface area contributed by atoms with Crippen LogP contribution in [0.15, 0.2) is 90.2 Å². The second-order valence-corrected chi connectivity index (χ2v) is 9.40. The number of rotatable bonds is 7. The van der Waals surface area contributed by atoms with E-state index in [0.717, 1.165) is 23.2 Å². The highest BCUT2D eigenvalue weighted by molar-refractivity contribution is 6.06. The Bertz CT molecular complexity index is 1630. The molecule has 0 saturated heterocycles. The molecule has 2 aromatic heterocycles. The van der Waals surface area contributed by atoms with E-state index in [0.29, 0.717) is 28.7 Å². The average molecular weight is 493 g/mol. The summed E-state index contributed by atoms with van der Waals surface area (Å²) in [7, 11) is 5.93. The molecule has 0 radical (unpaired) electrons. The average Bonchev–Trinajstić information content (AvgIpc) is 3.30. The van der Waals surface area contributed by atoms with Crippen LogP contribution in [0, 0.1) is 0 Å². The van der Waals surface area contributed by atoms with Crippen LogP contribution in [0.25, 0.3) is 22.0 Å². The van der Waals surface area contributed by atoms with E-state index in [9.17, 15) is 9.59 Å². The quantitative estimate of drug-likeness (QED) is 0.369. The molecule has 5 aromatic rings. The van der Waals surface area contributed by atoms with Gasteiger partial charge in [0.15, 0.2) is 0 Å². The maximum Gasteiger partial charge on any atom is 0.261 e. The normalized spacial score (nSPS) is 11.2. The monoisotopic (exact) mass is 492 g/mol. The van der Waals surface area contributed by atoms with Gasteiger partial charge in [-0.05, 0) is 67.2 Å². The molecule has 1 amide bonds. The van der Waals surface area contributed by atoms with Gasteiger partial charge in [-0.3, -0.25) is 18.8 Å². The van der Waals surface area contributed by atoms with Gasteiger partial charge < -0.3 is 10.2 Å². The van der Waals surface area contributed by atoms with Crippen molar-refractivity contribution >= 4 is 22.5 Å². The molecule has 5 rings (SSSR count). The maximum atomic E-state index is 12.9. The van der Waals surface area contributed by atoms with Crippen molar-refractivity contribution in [3.63, 3.8) is 0 Å². The zero-order chi connectivity index (χ0) is 25.9. The molecule has 186 valence electrons. The number of nitrogens with zero attached hydrogens (tertiary/aromatic N) is 5.